The highest BCUT2D eigenvalue weighted by atomic mass is 19.1. The maximum absolute atomic E-state index is 13.1. The molecule has 0 heterocycles. The SMILES string of the molecule is CC(C)COc1ccc(F)cc1CC(C)N. The van der Waals surface area contributed by atoms with E-state index in [0.717, 1.165) is 11.3 Å². The minimum absolute atomic E-state index is 0.00296. The van der Waals surface area contributed by atoms with Gasteiger partial charge in [0.1, 0.15) is 11.6 Å². The average molecular weight is 225 g/mol. The largest absolute Gasteiger partial charge is 0.493 e. The van der Waals surface area contributed by atoms with Gasteiger partial charge in [0, 0.05) is 6.04 Å². The molecule has 0 saturated carbocycles. The Balaban J connectivity index is 2.80. The second-order valence-corrected chi connectivity index (χ2v) is 4.64. The molecule has 0 saturated heterocycles. The van der Waals surface area contributed by atoms with Crippen LogP contribution in [0.15, 0.2) is 18.2 Å². The van der Waals surface area contributed by atoms with Crippen LogP contribution >= 0.6 is 0 Å². The fourth-order valence-corrected chi connectivity index (χ4v) is 1.45. The fraction of sp³-hybridized carbons (Fsp3) is 0.538. The van der Waals surface area contributed by atoms with Gasteiger partial charge >= 0.3 is 0 Å². The predicted octanol–water partition coefficient (Wildman–Crippen LogP) is 2.75. The van der Waals surface area contributed by atoms with Gasteiger partial charge in [0.25, 0.3) is 0 Å². The van der Waals surface area contributed by atoms with Crippen LogP contribution in [-0.4, -0.2) is 12.6 Å². The standard InChI is InChI=1S/C13H20FNO/c1-9(2)8-16-13-5-4-12(14)7-11(13)6-10(3)15/h4-5,7,9-10H,6,8,15H2,1-3H3. The third kappa shape index (κ3) is 4.19. The van der Waals surface area contributed by atoms with Gasteiger partial charge in [-0.25, -0.2) is 4.39 Å². The molecule has 0 bridgehead atoms. The van der Waals surface area contributed by atoms with Crippen molar-refractivity contribution in [3.63, 3.8) is 0 Å². The molecule has 0 radical (unpaired) electrons. The molecule has 0 amide bonds. The number of hydrogen-bond acceptors (Lipinski definition) is 2. The lowest BCUT2D eigenvalue weighted by atomic mass is 10.1. The summed E-state index contributed by atoms with van der Waals surface area (Å²) in [7, 11) is 0. The Bertz CT molecular complexity index is 337. The van der Waals surface area contributed by atoms with E-state index in [1.54, 1.807) is 6.07 Å². The molecule has 1 rings (SSSR count). The molecule has 1 aromatic rings. The Morgan fingerprint density at radius 2 is 2.00 bits per heavy atom. The van der Waals surface area contributed by atoms with Gasteiger partial charge in [-0.15, -0.1) is 0 Å². The maximum Gasteiger partial charge on any atom is 0.123 e. The Hall–Kier alpha value is -1.09. The molecule has 0 fully saturated rings. The Morgan fingerprint density at radius 1 is 1.31 bits per heavy atom. The van der Waals surface area contributed by atoms with E-state index in [1.807, 2.05) is 6.92 Å². The van der Waals surface area contributed by atoms with Crippen molar-refractivity contribution in [2.24, 2.45) is 11.7 Å². The van der Waals surface area contributed by atoms with Gasteiger partial charge in [0.15, 0.2) is 0 Å². The molecule has 0 aliphatic carbocycles. The van der Waals surface area contributed by atoms with E-state index in [0.29, 0.717) is 18.9 Å². The van der Waals surface area contributed by atoms with Crippen LogP contribution in [0.4, 0.5) is 4.39 Å². The van der Waals surface area contributed by atoms with E-state index in [1.165, 1.54) is 12.1 Å². The molecule has 2 N–H and O–H groups in total. The van der Waals surface area contributed by atoms with Gasteiger partial charge in [0.05, 0.1) is 6.61 Å². The molecule has 1 atom stereocenters. The topological polar surface area (TPSA) is 35.2 Å². The number of halogens is 1. The van der Waals surface area contributed by atoms with Crippen LogP contribution in [0.5, 0.6) is 5.75 Å². The van der Waals surface area contributed by atoms with Crippen molar-refractivity contribution in [2.45, 2.75) is 33.2 Å². The quantitative estimate of drug-likeness (QED) is 0.836. The lowest BCUT2D eigenvalue weighted by Gasteiger charge is -2.14. The number of nitrogens with two attached hydrogens (primary N) is 1. The maximum atomic E-state index is 13.1. The van der Waals surface area contributed by atoms with Crippen molar-refractivity contribution in [1.82, 2.24) is 0 Å². The van der Waals surface area contributed by atoms with Crippen LogP contribution in [0.25, 0.3) is 0 Å². The Morgan fingerprint density at radius 3 is 2.56 bits per heavy atom. The van der Waals surface area contributed by atoms with Gasteiger partial charge in [-0.1, -0.05) is 13.8 Å². The molecule has 2 nitrogen and oxygen atoms in total. The van der Waals surface area contributed by atoms with E-state index >= 15 is 0 Å². The minimum atomic E-state index is -0.243. The highest BCUT2D eigenvalue weighted by molar-refractivity contribution is 5.34. The van der Waals surface area contributed by atoms with Crippen LogP contribution in [0.3, 0.4) is 0 Å². The number of hydrogen-bond donors (Lipinski definition) is 1. The monoisotopic (exact) mass is 225 g/mol. The number of ether oxygens (including phenoxy) is 1. The predicted molar refractivity (Wildman–Crippen MR) is 64.1 cm³/mol. The first-order valence-corrected chi connectivity index (χ1v) is 5.66. The first-order valence-electron chi connectivity index (χ1n) is 5.66. The van der Waals surface area contributed by atoms with Crippen LogP contribution in [0.2, 0.25) is 0 Å². The van der Waals surface area contributed by atoms with Crippen molar-refractivity contribution in [3.8, 4) is 5.75 Å². The molecular weight excluding hydrogens is 205 g/mol. The van der Waals surface area contributed by atoms with E-state index in [-0.39, 0.29) is 11.9 Å². The third-order valence-electron chi connectivity index (χ3n) is 2.14. The van der Waals surface area contributed by atoms with Crippen LogP contribution < -0.4 is 10.5 Å². The number of benzene rings is 1. The Labute approximate surface area is 96.6 Å². The molecular formula is C13H20FNO. The van der Waals surface area contributed by atoms with Gasteiger partial charge in [-0.3, -0.25) is 0 Å². The summed E-state index contributed by atoms with van der Waals surface area (Å²) in [6, 6.07) is 4.60. The summed E-state index contributed by atoms with van der Waals surface area (Å²) < 4.78 is 18.7. The van der Waals surface area contributed by atoms with E-state index < -0.39 is 0 Å². The molecule has 0 aliphatic rings. The third-order valence-corrected chi connectivity index (χ3v) is 2.14. The van der Waals surface area contributed by atoms with E-state index in [2.05, 4.69) is 13.8 Å². The molecule has 1 aromatic carbocycles. The zero-order valence-electron chi connectivity index (χ0n) is 10.2. The van der Waals surface area contributed by atoms with Crippen molar-refractivity contribution in [2.75, 3.05) is 6.61 Å². The molecule has 1 unspecified atom stereocenters. The summed E-state index contributed by atoms with van der Waals surface area (Å²) >= 11 is 0. The molecule has 16 heavy (non-hydrogen) atoms. The molecule has 3 heteroatoms. The van der Waals surface area contributed by atoms with Crippen molar-refractivity contribution >= 4 is 0 Å². The van der Waals surface area contributed by atoms with E-state index in [4.69, 9.17) is 10.5 Å². The highest BCUT2D eigenvalue weighted by Gasteiger charge is 2.08. The normalized spacial score (nSPS) is 12.9. The summed E-state index contributed by atoms with van der Waals surface area (Å²) in [5.74, 6) is 0.952. The molecule has 0 aliphatic heterocycles. The average Bonchev–Trinajstić information content (AvgIpc) is 2.15. The summed E-state index contributed by atoms with van der Waals surface area (Å²) in [4.78, 5) is 0. The van der Waals surface area contributed by atoms with Crippen LogP contribution in [0, 0.1) is 11.7 Å². The summed E-state index contributed by atoms with van der Waals surface area (Å²) in [5.41, 5.74) is 6.56. The van der Waals surface area contributed by atoms with Crippen molar-refractivity contribution in [1.29, 1.82) is 0 Å². The zero-order valence-corrected chi connectivity index (χ0v) is 10.2. The smallest absolute Gasteiger partial charge is 0.123 e. The second-order valence-electron chi connectivity index (χ2n) is 4.64. The van der Waals surface area contributed by atoms with Gasteiger partial charge in [-0.2, -0.15) is 0 Å². The van der Waals surface area contributed by atoms with Gasteiger partial charge in [-0.05, 0) is 43.0 Å². The number of rotatable bonds is 5. The lowest BCUT2D eigenvalue weighted by molar-refractivity contribution is 0.268. The zero-order chi connectivity index (χ0) is 12.1. The second kappa shape index (κ2) is 5.85. The Kier molecular flexibility index (Phi) is 4.74. The summed E-state index contributed by atoms with van der Waals surface area (Å²) in [5, 5.41) is 0. The molecule has 90 valence electrons. The highest BCUT2D eigenvalue weighted by Crippen LogP contribution is 2.21. The van der Waals surface area contributed by atoms with Gasteiger partial charge in [0.2, 0.25) is 0 Å². The fourth-order valence-electron chi connectivity index (χ4n) is 1.45. The summed E-state index contributed by atoms with van der Waals surface area (Å²) in [6.07, 6.45) is 0.630. The van der Waals surface area contributed by atoms with E-state index in [9.17, 15) is 4.39 Å². The molecule has 0 aromatic heterocycles. The van der Waals surface area contributed by atoms with Crippen LogP contribution in [-0.2, 0) is 6.42 Å². The first kappa shape index (κ1) is 13.0. The first-order chi connectivity index (χ1) is 7.49. The summed E-state index contributed by atoms with van der Waals surface area (Å²) in [6.45, 7) is 6.69. The van der Waals surface area contributed by atoms with Gasteiger partial charge < -0.3 is 10.5 Å². The minimum Gasteiger partial charge on any atom is -0.493 e. The lowest BCUT2D eigenvalue weighted by Crippen LogP contribution is -2.18. The van der Waals surface area contributed by atoms with Crippen molar-refractivity contribution < 1.29 is 9.13 Å². The van der Waals surface area contributed by atoms with Crippen LogP contribution in [0.1, 0.15) is 26.3 Å². The molecule has 0 spiro atoms. The van der Waals surface area contributed by atoms with Crippen molar-refractivity contribution in [3.05, 3.63) is 29.6 Å².